The molecule has 66 heavy (non-hydrogen) atoms. The number of phenolic OH excluding ortho intramolecular Hbond substituents is 1. The van der Waals surface area contributed by atoms with E-state index in [4.69, 9.17) is 28.9 Å². The molecule has 0 aliphatic heterocycles. The number of phenols is 1. The molecule has 7 rings (SSSR count). The summed E-state index contributed by atoms with van der Waals surface area (Å²) < 4.78 is 77.1. The summed E-state index contributed by atoms with van der Waals surface area (Å²) in [4.78, 5) is 34.8. The Labute approximate surface area is 452 Å². The molecule has 24 nitrogen and oxygen atoms in total. The fourth-order valence-corrected chi connectivity index (χ4v) is 7.38. The van der Waals surface area contributed by atoms with Crippen LogP contribution in [-0.4, -0.2) is 66.9 Å². The van der Waals surface area contributed by atoms with Gasteiger partial charge in [-0.05, 0) is 111 Å². The maximum absolute atomic E-state index is 12.3. The van der Waals surface area contributed by atoms with E-state index in [-0.39, 0.29) is 156 Å². The Morgan fingerprint density at radius 2 is 1.38 bits per heavy atom. The molecule has 322 valence electrons. The number of anilines is 6. The van der Waals surface area contributed by atoms with Gasteiger partial charge in [-0.15, -0.1) is 10.2 Å². The van der Waals surface area contributed by atoms with Crippen LogP contribution < -0.4 is 120 Å². The number of nitrogens with zero attached hydrogens (tertiary/aromatic N) is 9. The molecule has 3 aromatic heterocycles. The van der Waals surface area contributed by atoms with Crippen LogP contribution in [0.15, 0.2) is 116 Å². The number of primary amides is 1. The first-order valence-corrected chi connectivity index (χ1v) is 21.2. The molecule has 0 radical (unpaired) electrons. The van der Waals surface area contributed by atoms with Crippen LogP contribution in [0.2, 0.25) is 10.6 Å². The molecule has 0 spiro atoms. The Morgan fingerprint density at radius 1 is 0.758 bits per heavy atom. The van der Waals surface area contributed by atoms with Crippen molar-refractivity contribution in [2.45, 2.75) is 14.7 Å². The molecule has 0 saturated heterocycles. The van der Waals surface area contributed by atoms with Crippen molar-refractivity contribution < 1.29 is 144 Å². The number of carbonyl (C=O) groups is 1. The second-order valence-electron chi connectivity index (χ2n) is 12.3. The third-order valence-electron chi connectivity index (χ3n) is 8.10. The standard InChI is InChI=1S/C34H23Cl2N13O11S3.3Na/c35-29-41-31(38-18-4-1-5-21(13-18)62(53,54)55)45-32(42-29)40-20-7-9-25(63(56,57)58)23(14-20)47-48-26-24(61-60-59-52)12-17-11-19(6-8-22(17)27(26)50)39-33-43-30(36)44-34(46-33)49-10-2-3-16(15-49)28(37)51;;;/h1-15H,(H8-,37,38,39,40,41,42,43,44,45,46,50,51,52,53,54,55,56,57,58);;;/q;3*+1/p-2. The normalized spacial score (nSPS) is 11.3. The predicted molar refractivity (Wildman–Crippen MR) is 216 cm³/mol. The molecule has 0 atom stereocenters. The summed E-state index contributed by atoms with van der Waals surface area (Å²) in [5, 5.41) is 42.0. The van der Waals surface area contributed by atoms with Gasteiger partial charge in [0.1, 0.15) is 31.6 Å². The fourth-order valence-electron chi connectivity index (χ4n) is 5.46. The quantitative estimate of drug-likeness (QED) is 0.0122. The Bertz CT molecular complexity index is 3230. The Hall–Kier alpha value is -3.79. The molecule has 6 N–H and O–H groups in total. The van der Waals surface area contributed by atoms with Crippen LogP contribution in [0.3, 0.4) is 0 Å². The molecule has 7 aromatic rings. The zero-order chi connectivity index (χ0) is 45.1. The van der Waals surface area contributed by atoms with Gasteiger partial charge in [0.25, 0.3) is 5.91 Å². The van der Waals surface area contributed by atoms with Crippen LogP contribution >= 0.6 is 35.2 Å². The topological polar surface area (TPSA) is 361 Å². The van der Waals surface area contributed by atoms with Crippen LogP contribution in [-0.2, 0) is 29.6 Å². The van der Waals surface area contributed by atoms with Crippen LogP contribution in [0.5, 0.6) is 5.75 Å². The van der Waals surface area contributed by atoms with Crippen molar-refractivity contribution in [3.05, 3.63) is 107 Å². The third-order valence-corrected chi connectivity index (χ3v) is 10.8. The fraction of sp³-hybridized carbons (Fsp3) is 0. The van der Waals surface area contributed by atoms with E-state index < -0.39 is 47.4 Å². The monoisotopic (exact) mass is 1020 g/mol. The number of azo groups is 1. The van der Waals surface area contributed by atoms with Crippen molar-refractivity contribution in [1.29, 1.82) is 0 Å². The van der Waals surface area contributed by atoms with Crippen LogP contribution in [0, 0.1) is 0 Å². The van der Waals surface area contributed by atoms with Gasteiger partial charge in [0.15, 0.2) is 5.75 Å². The van der Waals surface area contributed by atoms with Crippen molar-refractivity contribution in [3.63, 3.8) is 0 Å². The summed E-state index contributed by atoms with van der Waals surface area (Å²) in [6.45, 7) is 0. The second kappa shape index (κ2) is 23.5. The number of nitrogens with two attached hydrogens (primary N) is 1. The number of benzene rings is 4. The number of pyridine rings is 1. The largest absolute Gasteiger partial charge is 1.00 e. The van der Waals surface area contributed by atoms with Crippen molar-refractivity contribution in [2.75, 3.05) is 16.0 Å². The third kappa shape index (κ3) is 13.9. The molecule has 0 aliphatic carbocycles. The summed E-state index contributed by atoms with van der Waals surface area (Å²) in [6.07, 6.45) is 2.95. The smallest absolute Gasteiger partial charge is 0.744 e. The summed E-state index contributed by atoms with van der Waals surface area (Å²) >= 11 is 12.6. The van der Waals surface area contributed by atoms with E-state index in [1.165, 1.54) is 59.3 Å². The van der Waals surface area contributed by atoms with Gasteiger partial charge in [0, 0.05) is 22.4 Å². The molecule has 0 saturated carbocycles. The number of nitrogens with one attached hydrogen (secondary N) is 3. The minimum absolute atomic E-state index is 0. The number of fused-ring (bicyclic) bond motifs is 1. The van der Waals surface area contributed by atoms with Gasteiger partial charge >= 0.3 is 106 Å². The zero-order valence-electron chi connectivity index (χ0n) is 33.8. The molecule has 0 unspecified atom stereocenters. The Balaban J connectivity index is 0.00000317. The van der Waals surface area contributed by atoms with Crippen molar-refractivity contribution in [1.82, 2.24) is 29.9 Å². The Morgan fingerprint density at radius 3 is 2.02 bits per heavy atom. The van der Waals surface area contributed by atoms with Crippen LogP contribution in [0.25, 0.3) is 16.7 Å². The molecule has 0 aliphatic rings. The number of hydrogen-bond acceptors (Lipinski definition) is 23. The van der Waals surface area contributed by atoms with E-state index >= 15 is 0 Å². The van der Waals surface area contributed by atoms with Gasteiger partial charge in [-0.2, -0.15) is 24.3 Å². The zero-order valence-corrected chi connectivity index (χ0v) is 43.7. The van der Waals surface area contributed by atoms with E-state index in [0.29, 0.717) is 23.1 Å². The summed E-state index contributed by atoms with van der Waals surface area (Å²) in [7, 11) is -9.97. The maximum atomic E-state index is 12.3. The first-order chi connectivity index (χ1) is 29.9. The van der Waals surface area contributed by atoms with E-state index in [9.17, 15) is 41.1 Å². The van der Waals surface area contributed by atoms with E-state index in [1.54, 1.807) is 12.3 Å². The predicted octanol–water partition coefficient (Wildman–Crippen LogP) is -4.71. The first kappa shape index (κ1) is 54.8. The van der Waals surface area contributed by atoms with Gasteiger partial charge in [-0.3, -0.25) is 9.83 Å². The van der Waals surface area contributed by atoms with Crippen molar-refractivity contribution >= 4 is 118 Å². The molecule has 3 heterocycles. The van der Waals surface area contributed by atoms with Gasteiger partial charge in [-0.25, -0.2) is 21.4 Å². The Kier molecular flexibility index (Phi) is 19.5. The number of carbonyl (C=O) groups excluding carboxylic acids is 1. The van der Waals surface area contributed by atoms with Crippen LogP contribution in [0.4, 0.5) is 46.3 Å². The van der Waals surface area contributed by atoms with Gasteiger partial charge in [-0.1, -0.05) is 6.07 Å². The van der Waals surface area contributed by atoms with E-state index in [1.807, 2.05) is 0 Å². The summed E-state index contributed by atoms with van der Waals surface area (Å²) in [6, 6.07) is 17.0. The van der Waals surface area contributed by atoms with E-state index in [0.717, 1.165) is 24.3 Å². The second-order valence-corrected chi connectivity index (χ2v) is 16.4. The number of hydrogen-bond donors (Lipinski definition) is 5. The number of rotatable bonds is 15. The average Bonchev–Trinajstić information content (AvgIpc) is 3.21. The molecular weight excluding hydrogens is 1000 g/mol. The number of aromatic hydroxyl groups is 1. The number of aromatic nitrogens is 7. The van der Waals surface area contributed by atoms with Crippen molar-refractivity contribution in [3.8, 4) is 11.7 Å². The molecule has 32 heteroatoms. The van der Waals surface area contributed by atoms with Gasteiger partial charge < -0.3 is 41.2 Å². The van der Waals surface area contributed by atoms with Crippen molar-refractivity contribution in [2.24, 2.45) is 16.0 Å². The molecule has 0 bridgehead atoms. The van der Waals surface area contributed by atoms with Gasteiger partial charge in [0.2, 0.25) is 17.2 Å². The minimum Gasteiger partial charge on any atom is -0.744 e. The van der Waals surface area contributed by atoms with E-state index in [2.05, 4.69) is 65.5 Å². The number of amides is 1. The molecular formula is C34H21Cl2N13Na3O11S3+. The van der Waals surface area contributed by atoms with Gasteiger partial charge in [0.05, 0.1) is 44.7 Å². The molecule has 0 fully saturated rings. The summed E-state index contributed by atoms with van der Waals surface area (Å²) in [5.74, 6) is -1.63. The average molecular weight is 1020 g/mol. The minimum atomic E-state index is -5.19. The molecule has 1 amide bonds. The first-order valence-electron chi connectivity index (χ1n) is 16.9. The molecule has 4 aromatic carbocycles. The van der Waals surface area contributed by atoms with Crippen LogP contribution in [0.1, 0.15) is 10.4 Å². The SMILES string of the molecule is NC(=O)c1ccc[n+](-c2nc(Cl)nc(Nc3ccc4c(O)c(N=Nc5cc(Nc6nc(Cl)nc(Nc7cccc(S(=O)(=O)[O-])c7)n6)ccc5S(=O)(=O)[O-])c(SOO[O-])cc4c3)n2)c1.[Na+].[Na+].[Na+]. The summed E-state index contributed by atoms with van der Waals surface area (Å²) in [5.41, 5.74) is 5.18. The maximum Gasteiger partial charge on any atom is 1.00 e. The number of halogens is 2.